The second-order valence-electron chi connectivity index (χ2n) is 4.81. The van der Waals surface area contributed by atoms with Gasteiger partial charge in [0.25, 0.3) is 0 Å². The SMILES string of the molecule is CC.CC(C)C1CC(O)(c2ccccc2)C1. The van der Waals surface area contributed by atoms with Gasteiger partial charge in [0.05, 0.1) is 5.60 Å². The van der Waals surface area contributed by atoms with Crippen LogP contribution in [0.4, 0.5) is 0 Å². The van der Waals surface area contributed by atoms with Gasteiger partial charge in [-0.15, -0.1) is 0 Å². The van der Waals surface area contributed by atoms with E-state index in [2.05, 4.69) is 13.8 Å². The summed E-state index contributed by atoms with van der Waals surface area (Å²) in [5.74, 6) is 1.39. The molecule has 1 heteroatoms. The van der Waals surface area contributed by atoms with Crippen LogP contribution < -0.4 is 0 Å². The molecule has 0 bridgehead atoms. The van der Waals surface area contributed by atoms with Crippen LogP contribution in [0, 0.1) is 11.8 Å². The third-order valence-corrected chi connectivity index (χ3v) is 3.45. The molecule has 1 aromatic carbocycles. The Bertz CT molecular complexity index is 296. The van der Waals surface area contributed by atoms with Crippen molar-refractivity contribution < 1.29 is 5.11 Å². The average Bonchev–Trinajstić information content (AvgIpc) is 2.28. The van der Waals surface area contributed by atoms with Gasteiger partial charge < -0.3 is 5.11 Å². The first-order valence-electron chi connectivity index (χ1n) is 6.40. The maximum absolute atomic E-state index is 10.3. The van der Waals surface area contributed by atoms with Crippen molar-refractivity contribution in [1.82, 2.24) is 0 Å². The van der Waals surface area contributed by atoms with Crippen LogP contribution >= 0.6 is 0 Å². The first-order chi connectivity index (χ1) is 7.62. The Balaban J connectivity index is 0.000000606. The first-order valence-corrected chi connectivity index (χ1v) is 6.40. The zero-order valence-electron chi connectivity index (χ0n) is 10.9. The molecule has 90 valence electrons. The zero-order valence-corrected chi connectivity index (χ0v) is 10.9. The van der Waals surface area contributed by atoms with Gasteiger partial charge in [-0.3, -0.25) is 0 Å². The molecule has 1 saturated carbocycles. The zero-order chi connectivity index (χ0) is 12.2. The lowest BCUT2D eigenvalue weighted by Crippen LogP contribution is -2.43. The fourth-order valence-electron chi connectivity index (χ4n) is 2.26. The maximum atomic E-state index is 10.3. The van der Waals surface area contributed by atoms with Crippen LogP contribution in [-0.4, -0.2) is 5.11 Å². The van der Waals surface area contributed by atoms with Crippen molar-refractivity contribution in [2.45, 2.75) is 46.1 Å². The van der Waals surface area contributed by atoms with E-state index in [0.29, 0.717) is 11.8 Å². The Kier molecular flexibility index (Phi) is 4.55. The van der Waals surface area contributed by atoms with Gasteiger partial charge in [0.2, 0.25) is 0 Å². The second-order valence-corrected chi connectivity index (χ2v) is 4.81. The molecule has 0 atom stereocenters. The fraction of sp³-hybridized carbons (Fsp3) is 0.600. The third-order valence-electron chi connectivity index (χ3n) is 3.45. The second kappa shape index (κ2) is 5.49. The number of hydrogen-bond donors (Lipinski definition) is 1. The fourth-order valence-corrected chi connectivity index (χ4v) is 2.26. The van der Waals surface area contributed by atoms with E-state index in [0.717, 1.165) is 18.4 Å². The predicted octanol–water partition coefficient (Wildman–Crippen LogP) is 3.97. The first kappa shape index (κ1) is 13.2. The quantitative estimate of drug-likeness (QED) is 0.799. The molecule has 0 unspecified atom stereocenters. The van der Waals surface area contributed by atoms with E-state index >= 15 is 0 Å². The Labute approximate surface area is 99.5 Å². The molecule has 0 saturated heterocycles. The minimum Gasteiger partial charge on any atom is -0.385 e. The van der Waals surface area contributed by atoms with Gasteiger partial charge in [0.1, 0.15) is 0 Å². The van der Waals surface area contributed by atoms with Gasteiger partial charge in [0.15, 0.2) is 0 Å². The molecular weight excluding hydrogens is 196 g/mol. The van der Waals surface area contributed by atoms with E-state index in [1.165, 1.54) is 0 Å². The van der Waals surface area contributed by atoms with Crippen LogP contribution in [0.15, 0.2) is 30.3 Å². The molecule has 1 N–H and O–H groups in total. The highest BCUT2D eigenvalue weighted by Gasteiger charge is 2.44. The molecule has 1 aromatic rings. The lowest BCUT2D eigenvalue weighted by atomic mass is 9.63. The van der Waals surface area contributed by atoms with Gasteiger partial charge in [-0.05, 0) is 30.2 Å². The summed E-state index contributed by atoms with van der Waals surface area (Å²) in [7, 11) is 0. The van der Waals surface area contributed by atoms with Crippen LogP contribution in [0.5, 0.6) is 0 Å². The van der Waals surface area contributed by atoms with E-state index in [-0.39, 0.29) is 0 Å². The molecule has 0 spiro atoms. The molecule has 1 aliphatic carbocycles. The lowest BCUT2D eigenvalue weighted by molar-refractivity contribution is -0.0933. The minimum atomic E-state index is -0.532. The molecule has 1 fully saturated rings. The summed E-state index contributed by atoms with van der Waals surface area (Å²) in [6.45, 7) is 8.46. The summed E-state index contributed by atoms with van der Waals surface area (Å²) in [6, 6.07) is 10.0. The minimum absolute atomic E-state index is 0.532. The Morgan fingerprint density at radius 2 is 1.62 bits per heavy atom. The average molecular weight is 220 g/mol. The van der Waals surface area contributed by atoms with Crippen molar-refractivity contribution in [3.63, 3.8) is 0 Å². The van der Waals surface area contributed by atoms with E-state index in [9.17, 15) is 5.11 Å². The van der Waals surface area contributed by atoms with Crippen molar-refractivity contribution in [2.24, 2.45) is 11.8 Å². The Morgan fingerprint density at radius 3 is 2.06 bits per heavy atom. The van der Waals surface area contributed by atoms with Gasteiger partial charge in [-0.25, -0.2) is 0 Å². The number of hydrogen-bond acceptors (Lipinski definition) is 1. The molecule has 0 amide bonds. The highest BCUT2D eigenvalue weighted by molar-refractivity contribution is 5.25. The summed E-state index contributed by atoms with van der Waals surface area (Å²) in [6.07, 6.45) is 1.85. The summed E-state index contributed by atoms with van der Waals surface area (Å²) in [4.78, 5) is 0. The molecule has 1 aliphatic rings. The van der Waals surface area contributed by atoms with Gasteiger partial charge in [-0.2, -0.15) is 0 Å². The Hall–Kier alpha value is -0.820. The summed E-state index contributed by atoms with van der Waals surface area (Å²) < 4.78 is 0. The molecule has 0 heterocycles. The van der Waals surface area contributed by atoms with Crippen LogP contribution in [0.3, 0.4) is 0 Å². The molecule has 16 heavy (non-hydrogen) atoms. The van der Waals surface area contributed by atoms with E-state index < -0.39 is 5.60 Å². The maximum Gasteiger partial charge on any atom is 0.0902 e. The Morgan fingerprint density at radius 1 is 1.12 bits per heavy atom. The standard InChI is InChI=1S/C13H18O.C2H6/c1-10(2)11-8-13(14,9-11)12-6-4-3-5-7-12;1-2/h3-7,10-11,14H,8-9H2,1-2H3;1-2H3. The lowest BCUT2D eigenvalue weighted by Gasteiger charge is -2.46. The number of benzene rings is 1. The monoisotopic (exact) mass is 220 g/mol. The number of aliphatic hydroxyl groups is 1. The van der Waals surface area contributed by atoms with Crippen molar-refractivity contribution in [3.8, 4) is 0 Å². The topological polar surface area (TPSA) is 20.2 Å². The van der Waals surface area contributed by atoms with E-state index in [1.54, 1.807) is 0 Å². The summed E-state index contributed by atoms with van der Waals surface area (Å²) in [5.41, 5.74) is 0.549. The molecule has 1 nitrogen and oxygen atoms in total. The van der Waals surface area contributed by atoms with Gasteiger partial charge >= 0.3 is 0 Å². The van der Waals surface area contributed by atoms with Crippen LogP contribution in [0.1, 0.15) is 46.1 Å². The van der Waals surface area contributed by atoms with Crippen LogP contribution in [0.25, 0.3) is 0 Å². The van der Waals surface area contributed by atoms with Crippen molar-refractivity contribution >= 4 is 0 Å². The highest BCUT2D eigenvalue weighted by atomic mass is 16.3. The van der Waals surface area contributed by atoms with Crippen molar-refractivity contribution in [2.75, 3.05) is 0 Å². The molecule has 0 aromatic heterocycles. The highest BCUT2D eigenvalue weighted by Crippen LogP contribution is 2.48. The van der Waals surface area contributed by atoms with Crippen LogP contribution in [-0.2, 0) is 5.60 Å². The van der Waals surface area contributed by atoms with Gasteiger partial charge in [-0.1, -0.05) is 58.0 Å². The summed E-state index contributed by atoms with van der Waals surface area (Å²) in [5, 5.41) is 10.3. The molecule has 2 rings (SSSR count). The molecule has 0 radical (unpaired) electrons. The normalized spacial score (nSPS) is 28.0. The summed E-state index contributed by atoms with van der Waals surface area (Å²) >= 11 is 0. The largest absolute Gasteiger partial charge is 0.385 e. The predicted molar refractivity (Wildman–Crippen MR) is 69.2 cm³/mol. The molecule has 0 aliphatic heterocycles. The third kappa shape index (κ3) is 2.65. The number of rotatable bonds is 2. The molecular formula is C15H24O. The van der Waals surface area contributed by atoms with Crippen molar-refractivity contribution in [3.05, 3.63) is 35.9 Å². The smallest absolute Gasteiger partial charge is 0.0902 e. The van der Waals surface area contributed by atoms with E-state index in [4.69, 9.17) is 0 Å². The van der Waals surface area contributed by atoms with E-state index in [1.807, 2.05) is 44.2 Å². The van der Waals surface area contributed by atoms with Gasteiger partial charge in [0, 0.05) is 0 Å². The van der Waals surface area contributed by atoms with Crippen LogP contribution in [0.2, 0.25) is 0 Å². The van der Waals surface area contributed by atoms with Crippen molar-refractivity contribution in [1.29, 1.82) is 0 Å².